The van der Waals surface area contributed by atoms with Gasteiger partial charge in [-0.05, 0) is 51.7 Å². The summed E-state index contributed by atoms with van der Waals surface area (Å²) in [5, 5.41) is 3.04. The molecule has 2 rings (SSSR count). The highest BCUT2D eigenvalue weighted by Crippen LogP contribution is 2.25. The molecule has 1 heterocycles. The van der Waals surface area contributed by atoms with Crippen LogP contribution < -0.4 is 5.32 Å². The second-order valence-corrected chi connectivity index (χ2v) is 5.32. The lowest BCUT2D eigenvalue weighted by Crippen LogP contribution is -2.38. The van der Waals surface area contributed by atoms with Crippen LogP contribution in [-0.4, -0.2) is 22.7 Å². The molecule has 1 saturated carbocycles. The maximum absolute atomic E-state index is 12.1. The fraction of sp³-hybridized carbons (Fsp3) is 0.533. The molecule has 0 bridgehead atoms. The number of Topliss-reactive ketones (excluding diaryl/α,β-unsaturated/α-hetero) is 1. The van der Waals surface area contributed by atoms with E-state index in [4.69, 9.17) is 0 Å². The normalized spacial score (nSPS) is 22.8. The van der Waals surface area contributed by atoms with Crippen molar-refractivity contribution in [2.75, 3.05) is 0 Å². The summed E-state index contributed by atoms with van der Waals surface area (Å²) in [5.74, 6) is 0.419. The van der Waals surface area contributed by atoms with Crippen molar-refractivity contribution in [1.29, 1.82) is 0 Å². The van der Waals surface area contributed by atoms with Crippen LogP contribution in [-0.2, 0) is 4.79 Å². The number of hydrogen-bond donors (Lipinski definition) is 1. The first kappa shape index (κ1) is 13.7. The number of carbonyl (C=O) groups excluding carboxylic acids is 2. The molecule has 0 aromatic carbocycles. The third-order valence-electron chi connectivity index (χ3n) is 3.80. The first-order chi connectivity index (χ1) is 9.06. The van der Waals surface area contributed by atoms with Crippen molar-refractivity contribution >= 4 is 11.7 Å². The molecule has 1 aliphatic carbocycles. The summed E-state index contributed by atoms with van der Waals surface area (Å²) in [6.07, 6.45) is 5.20. The minimum atomic E-state index is -0.0447. The van der Waals surface area contributed by atoms with Crippen LogP contribution in [0.5, 0.6) is 0 Å². The van der Waals surface area contributed by atoms with E-state index in [1.807, 2.05) is 6.92 Å². The average Bonchev–Trinajstić information content (AvgIpc) is 2.39. The minimum Gasteiger partial charge on any atom is -0.349 e. The Morgan fingerprint density at radius 2 is 1.95 bits per heavy atom. The average molecular weight is 260 g/mol. The third-order valence-corrected chi connectivity index (χ3v) is 3.80. The highest BCUT2D eigenvalue weighted by molar-refractivity contribution is 5.94. The molecule has 1 amide bonds. The van der Waals surface area contributed by atoms with Crippen LogP contribution in [0.15, 0.2) is 18.3 Å². The van der Waals surface area contributed by atoms with E-state index in [0.717, 1.165) is 31.4 Å². The van der Waals surface area contributed by atoms with Gasteiger partial charge in [0.2, 0.25) is 0 Å². The van der Waals surface area contributed by atoms with Crippen LogP contribution >= 0.6 is 0 Å². The Balaban J connectivity index is 1.89. The van der Waals surface area contributed by atoms with E-state index >= 15 is 0 Å². The van der Waals surface area contributed by atoms with Crippen LogP contribution in [0.1, 0.15) is 48.7 Å². The number of carbonyl (C=O) groups is 2. The summed E-state index contributed by atoms with van der Waals surface area (Å²) in [5.41, 5.74) is 1.49. The van der Waals surface area contributed by atoms with E-state index in [1.54, 1.807) is 25.3 Å². The zero-order valence-electron chi connectivity index (χ0n) is 11.5. The Labute approximate surface area is 113 Å². The highest BCUT2D eigenvalue weighted by Gasteiger charge is 2.25. The molecule has 0 unspecified atom stereocenters. The quantitative estimate of drug-likeness (QED) is 0.907. The summed E-state index contributed by atoms with van der Waals surface area (Å²) in [7, 11) is 0. The van der Waals surface area contributed by atoms with E-state index in [2.05, 4.69) is 10.3 Å². The van der Waals surface area contributed by atoms with Crippen LogP contribution in [0.25, 0.3) is 0 Å². The molecular weight excluding hydrogens is 240 g/mol. The van der Waals surface area contributed by atoms with Crippen LogP contribution in [0.4, 0.5) is 0 Å². The SMILES string of the molecule is CC(=O)C1CCC(NC(=O)c2ccnc(C)c2)CC1. The van der Waals surface area contributed by atoms with Crippen molar-refractivity contribution in [1.82, 2.24) is 10.3 Å². The fourth-order valence-corrected chi connectivity index (χ4v) is 2.60. The van der Waals surface area contributed by atoms with Gasteiger partial charge in [-0.25, -0.2) is 0 Å². The number of nitrogens with zero attached hydrogens (tertiary/aromatic N) is 1. The van der Waals surface area contributed by atoms with E-state index in [-0.39, 0.29) is 23.7 Å². The molecule has 1 N–H and O–H groups in total. The molecule has 0 spiro atoms. The maximum Gasteiger partial charge on any atom is 0.251 e. The molecule has 1 aromatic heterocycles. The first-order valence-corrected chi connectivity index (χ1v) is 6.80. The Hall–Kier alpha value is -1.71. The second kappa shape index (κ2) is 5.95. The van der Waals surface area contributed by atoms with E-state index < -0.39 is 0 Å². The topological polar surface area (TPSA) is 59.1 Å². The van der Waals surface area contributed by atoms with E-state index in [0.29, 0.717) is 5.56 Å². The van der Waals surface area contributed by atoms with Crippen molar-refractivity contribution < 1.29 is 9.59 Å². The molecule has 4 heteroatoms. The van der Waals surface area contributed by atoms with Crippen molar-refractivity contribution in [3.63, 3.8) is 0 Å². The van der Waals surface area contributed by atoms with Gasteiger partial charge >= 0.3 is 0 Å². The van der Waals surface area contributed by atoms with Gasteiger partial charge in [0.05, 0.1) is 0 Å². The largest absolute Gasteiger partial charge is 0.349 e. The van der Waals surface area contributed by atoms with Gasteiger partial charge in [0.25, 0.3) is 5.91 Å². The van der Waals surface area contributed by atoms with E-state index in [9.17, 15) is 9.59 Å². The van der Waals surface area contributed by atoms with Crippen molar-refractivity contribution in [3.05, 3.63) is 29.6 Å². The summed E-state index contributed by atoms with van der Waals surface area (Å²) in [4.78, 5) is 27.4. The summed E-state index contributed by atoms with van der Waals surface area (Å²) in [6.45, 7) is 3.53. The Morgan fingerprint density at radius 3 is 2.53 bits per heavy atom. The molecule has 0 atom stereocenters. The Bertz CT molecular complexity index is 477. The maximum atomic E-state index is 12.1. The minimum absolute atomic E-state index is 0.0447. The standard InChI is InChI=1S/C15H20N2O2/c1-10-9-13(7-8-16-10)15(19)17-14-5-3-12(4-6-14)11(2)18/h7-9,12,14H,3-6H2,1-2H3,(H,17,19). The van der Waals surface area contributed by atoms with Crippen molar-refractivity contribution in [3.8, 4) is 0 Å². The fourth-order valence-electron chi connectivity index (χ4n) is 2.60. The smallest absolute Gasteiger partial charge is 0.251 e. The van der Waals surface area contributed by atoms with Crippen LogP contribution in [0, 0.1) is 12.8 Å². The third kappa shape index (κ3) is 3.63. The number of aryl methyl sites for hydroxylation is 1. The number of aromatic nitrogens is 1. The molecule has 1 fully saturated rings. The number of pyridine rings is 1. The number of amides is 1. The van der Waals surface area contributed by atoms with Crippen molar-refractivity contribution in [2.45, 2.75) is 45.6 Å². The Morgan fingerprint density at radius 1 is 1.26 bits per heavy atom. The van der Waals surface area contributed by atoms with Gasteiger partial charge in [0.1, 0.15) is 5.78 Å². The van der Waals surface area contributed by atoms with Gasteiger partial charge in [-0.2, -0.15) is 0 Å². The number of nitrogens with one attached hydrogen (secondary N) is 1. The Kier molecular flexibility index (Phi) is 4.30. The van der Waals surface area contributed by atoms with Gasteiger partial charge in [0.15, 0.2) is 0 Å². The van der Waals surface area contributed by atoms with Gasteiger partial charge in [-0.15, -0.1) is 0 Å². The lowest BCUT2D eigenvalue weighted by atomic mass is 9.84. The predicted molar refractivity (Wildman–Crippen MR) is 72.9 cm³/mol. The predicted octanol–water partition coefficient (Wildman–Crippen LogP) is 2.27. The molecule has 19 heavy (non-hydrogen) atoms. The van der Waals surface area contributed by atoms with Gasteiger partial charge in [-0.1, -0.05) is 0 Å². The zero-order chi connectivity index (χ0) is 13.8. The molecule has 0 saturated heterocycles. The molecule has 4 nitrogen and oxygen atoms in total. The lowest BCUT2D eigenvalue weighted by molar-refractivity contribution is -0.121. The number of ketones is 1. The van der Waals surface area contributed by atoms with Gasteiger partial charge < -0.3 is 5.32 Å². The number of rotatable bonds is 3. The molecule has 0 aliphatic heterocycles. The van der Waals surface area contributed by atoms with E-state index in [1.165, 1.54) is 0 Å². The zero-order valence-corrected chi connectivity index (χ0v) is 11.5. The van der Waals surface area contributed by atoms with Gasteiger partial charge in [0, 0.05) is 29.4 Å². The number of hydrogen-bond acceptors (Lipinski definition) is 3. The van der Waals surface area contributed by atoms with Crippen LogP contribution in [0.2, 0.25) is 0 Å². The molecular formula is C15H20N2O2. The monoisotopic (exact) mass is 260 g/mol. The van der Waals surface area contributed by atoms with Gasteiger partial charge in [-0.3, -0.25) is 14.6 Å². The summed E-state index contributed by atoms with van der Waals surface area (Å²) < 4.78 is 0. The summed E-state index contributed by atoms with van der Waals surface area (Å²) in [6, 6.07) is 3.71. The molecule has 0 radical (unpaired) electrons. The highest BCUT2D eigenvalue weighted by atomic mass is 16.1. The second-order valence-electron chi connectivity index (χ2n) is 5.32. The van der Waals surface area contributed by atoms with Crippen LogP contribution in [0.3, 0.4) is 0 Å². The molecule has 1 aliphatic rings. The van der Waals surface area contributed by atoms with Crippen molar-refractivity contribution in [2.24, 2.45) is 5.92 Å². The first-order valence-electron chi connectivity index (χ1n) is 6.80. The lowest BCUT2D eigenvalue weighted by Gasteiger charge is -2.27. The molecule has 1 aromatic rings. The summed E-state index contributed by atoms with van der Waals surface area (Å²) >= 11 is 0. The molecule has 102 valence electrons.